The number of nitrogens with zero attached hydrogens (tertiary/aromatic N) is 2. The Bertz CT molecular complexity index is 686. The SMILES string of the molecule is Cc1cc(-n2c(C)cc(C(=O)NC3CCNCC3)c2C)no1.Cl. The molecule has 1 saturated heterocycles. The van der Waals surface area contributed by atoms with Crippen LogP contribution >= 0.6 is 12.4 Å². The van der Waals surface area contributed by atoms with Gasteiger partial charge in [-0.25, -0.2) is 0 Å². The number of piperidine rings is 1. The molecule has 0 aliphatic carbocycles. The third kappa shape index (κ3) is 3.59. The zero-order valence-electron chi connectivity index (χ0n) is 13.7. The van der Waals surface area contributed by atoms with E-state index in [0.717, 1.165) is 43.1 Å². The molecule has 2 N–H and O–H groups in total. The largest absolute Gasteiger partial charge is 0.360 e. The van der Waals surface area contributed by atoms with E-state index in [1.165, 1.54) is 0 Å². The Kier molecular flexibility index (Phi) is 5.49. The summed E-state index contributed by atoms with van der Waals surface area (Å²) in [7, 11) is 0. The lowest BCUT2D eigenvalue weighted by Gasteiger charge is -2.23. The van der Waals surface area contributed by atoms with Crippen LogP contribution in [0.1, 0.15) is 40.3 Å². The molecule has 23 heavy (non-hydrogen) atoms. The number of amides is 1. The van der Waals surface area contributed by atoms with E-state index >= 15 is 0 Å². The average Bonchev–Trinajstić information content (AvgIpc) is 3.03. The minimum absolute atomic E-state index is 0. The maximum atomic E-state index is 12.5. The first-order chi connectivity index (χ1) is 10.6. The highest BCUT2D eigenvalue weighted by molar-refractivity contribution is 5.96. The zero-order chi connectivity index (χ0) is 15.7. The number of hydrogen-bond donors (Lipinski definition) is 2. The number of aromatic nitrogens is 2. The van der Waals surface area contributed by atoms with E-state index in [1.54, 1.807) is 0 Å². The normalized spacial score (nSPS) is 15.3. The minimum atomic E-state index is -0.00790. The van der Waals surface area contributed by atoms with Crippen molar-refractivity contribution in [3.8, 4) is 5.82 Å². The van der Waals surface area contributed by atoms with Gasteiger partial charge in [0.05, 0.1) is 5.56 Å². The third-order valence-corrected chi connectivity index (χ3v) is 4.19. The molecule has 3 heterocycles. The van der Waals surface area contributed by atoms with E-state index < -0.39 is 0 Å². The fourth-order valence-electron chi connectivity index (χ4n) is 3.03. The number of hydrogen-bond acceptors (Lipinski definition) is 4. The van der Waals surface area contributed by atoms with Crippen molar-refractivity contribution in [1.29, 1.82) is 0 Å². The second kappa shape index (κ2) is 7.19. The molecule has 1 fully saturated rings. The summed E-state index contributed by atoms with van der Waals surface area (Å²) < 4.78 is 7.09. The molecule has 0 bridgehead atoms. The number of nitrogens with one attached hydrogen (secondary N) is 2. The Morgan fingerprint density at radius 1 is 1.30 bits per heavy atom. The highest BCUT2D eigenvalue weighted by Gasteiger charge is 2.21. The summed E-state index contributed by atoms with van der Waals surface area (Å²) in [5.41, 5.74) is 2.56. The Morgan fingerprint density at radius 2 is 2.00 bits per heavy atom. The van der Waals surface area contributed by atoms with Crippen LogP contribution in [0.4, 0.5) is 0 Å². The maximum Gasteiger partial charge on any atom is 0.253 e. The molecular formula is C16H23ClN4O2. The summed E-state index contributed by atoms with van der Waals surface area (Å²) in [5.74, 6) is 1.46. The molecule has 6 nitrogen and oxygen atoms in total. The first-order valence-electron chi connectivity index (χ1n) is 7.70. The van der Waals surface area contributed by atoms with Crippen LogP contribution in [0.15, 0.2) is 16.7 Å². The molecule has 0 atom stereocenters. The summed E-state index contributed by atoms with van der Waals surface area (Å²) in [5, 5.41) is 10.5. The molecule has 126 valence electrons. The lowest BCUT2D eigenvalue weighted by Crippen LogP contribution is -2.42. The smallest absolute Gasteiger partial charge is 0.253 e. The van der Waals surface area contributed by atoms with Crippen molar-refractivity contribution in [2.24, 2.45) is 0 Å². The van der Waals surface area contributed by atoms with Crippen molar-refractivity contribution in [1.82, 2.24) is 20.4 Å². The number of carbonyl (C=O) groups is 1. The quantitative estimate of drug-likeness (QED) is 0.900. The highest BCUT2D eigenvalue weighted by Crippen LogP contribution is 2.21. The predicted molar refractivity (Wildman–Crippen MR) is 90.6 cm³/mol. The van der Waals surface area contributed by atoms with Crippen LogP contribution in [0.2, 0.25) is 0 Å². The monoisotopic (exact) mass is 338 g/mol. The standard InChI is InChI=1S/C16H22N4O2.ClH/c1-10-8-14(16(21)18-13-4-6-17-7-5-13)12(3)20(10)15-9-11(2)22-19-15;/h8-9,13,17H,4-7H2,1-3H3,(H,18,21);1H. The van der Waals surface area contributed by atoms with Crippen molar-refractivity contribution in [3.63, 3.8) is 0 Å². The topological polar surface area (TPSA) is 72.1 Å². The minimum Gasteiger partial charge on any atom is -0.360 e. The molecule has 0 saturated carbocycles. The van der Waals surface area contributed by atoms with Crippen LogP contribution in [0.25, 0.3) is 5.82 Å². The second-order valence-corrected chi connectivity index (χ2v) is 5.91. The van der Waals surface area contributed by atoms with E-state index in [9.17, 15) is 4.79 Å². The Morgan fingerprint density at radius 3 is 2.61 bits per heavy atom. The Hall–Kier alpha value is -1.79. The zero-order valence-corrected chi connectivity index (χ0v) is 14.5. The first-order valence-corrected chi connectivity index (χ1v) is 7.70. The maximum absolute atomic E-state index is 12.5. The van der Waals surface area contributed by atoms with Gasteiger partial charge in [-0.05, 0) is 52.8 Å². The van der Waals surface area contributed by atoms with Crippen molar-refractivity contribution >= 4 is 18.3 Å². The summed E-state index contributed by atoms with van der Waals surface area (Å²) in [6.45, 7) is 7.69. The van der Waals surface area contributed by atoms with E-state index in [0.29, 0.717) is 11.4 Å². The summed E-state index contributed by atoms with van der Waals surface area (Å²) >= 11 is 0. The van der Waals surface area contributed by atoms with Crippen LogP contribution in [-0.4, -0.2) is 34.8 Å². The van der Waals surface area contributed by atoms with Crippen LogP contribution in [0.5, 0.6) is 0 Å². The van der Waals surface area contributed by atoms with E-state index in [2.05, 4.69) is 15.8 Å². The summed E-state index contributed by atoms with van der Waals surface area (Å²) in [4.78, 5) is 12.5. The second-order valence-electron chi connectivity index (χ2n) is 5.91. The van der Waals surface area contributed by atoms with E-state index in [4.69, 9.17) is 4.52 Å². The molecule has 1 aliphatic heterocycles. The Balaban J connectivity index is 0.00000192. The third-order valence-electron chi connectivity index (χ3n) is 4.19. The summed E-state index contributed by atoms with van der Waals surface area (Å²) in [6, 6.07) is 4.04. The predicted octanol–water partition coefficient (Wildman–Crippen LogP) is 2.29. The lowest BCUT2D eigenvalue weighted by atomic mass is 10.1. The molecule has 3 rings (SSSR count). The van der Waals surface area contributed by atoms with Gasteiger partial charge in [0.15, 0.2) is 5.82 Å². The van der Waals surface area contributed by atoms with E-state index in [-0.39, 0.29) is 24.4 Å². The van der Waals surface area contributed by atoms with Gasteiger partial charge in [-0.15, -0.1) is 12.4 Å². The van der Waals surface area contributed by atoms with Gasteiger partial charge in [0.1, 0.15) is 5.76 Å². The van der Waals surface area contributed by atoms with Gasteiger partial charge >= 0.3 is 0 Å². The van der Waals surface area contributed by atoms with Gasteiger partial charge in [0.25, 0.3) is 5.91 Å². The van der Waals surface area contributed by atoms with Gasteiger partial charge in [-0.2, -0.15) is 0 Å². The van der Waals surface area contributed by atoms with Crippen LogP contribution in [-0.2, 0) is 0 Å². The van der Waals surface area contributed by atoms with E-state index in [1.807, 2.05) is 37.5 Å². The number of halogens is 1. The Labute approximate surface area is 142 Å². The molecule has 7 heteroatoms. The van der Waals surface area contributed by atoms with Gasteiger partial charge in [-0.3, -0.25) is 9.36 Å². The van der Waals surface area contributed by atoms with Crippen LogP contribution in [0.3, 0.4) is 0 Å². The number of rotatable bonds is 3. The molecule has 2 aromatic rings. The highest BCUT2D eigenvalue weighted by atomic mass is 35.5. The number of carbonyl (C=O) groups excluding carboxylic acids is 1. The van der Waals surface area contributed by atoms with Crippen LogP contribution in [0, 0.1) is 20.8 Å². The van der Waals surface area contributed by atoms with Crippen molar-refractivity contribution < 1.29 is 9.32 Å². The molecule has 0 aromatic carbocycles. The summed E-state index contributed by atoms with van der Waals surface area (Å²) in [6.07, 6.45) is 1.96. The molecule has 2 aromatic heterocycles. The molecule has 0 unspecified atom stereocenters. The van der Waals surface area contributed by atoms with Gasteiger partial charge in [0.2, 0.25) is 0 Å². The van der Waals surface area contributed by atoms with Crippen LogP contribution < -0.4 is 10.6 Å². The van der Waals surface area contributed by atoms with Gasteiger partial charge in [-0.1, -0.05) is 5.16 Å². The average molecular weight is 339 g/mol. The molecule has 1 aliphatic rings. The van der Waals surface area contributed by atoms with Crippen molar-refractivity contribution in [3.05, 3.63) is 34.8 Å². The van der Waals surface area contributed by atoms with Crippen molar-refractivity contribution in [2.75, 3.05) is 13.1 Å². The fraction of sp³-hybridized carbons (Fsp3) is 0.500. The lowest BCUT2D eigenvalue weighted by molar-refractivity contribution is 0.0929. The molecule has 0 spiro atoms. The molecular weight excluding hydrogens is 316 g/mol. The fourth-order valence-corrected chi connectivity index (χ4v) is 3.03. The first kappa shape index (κ1) is 17.6. The van der Waals surface area contributed by atoms with Gasteiger partial charge < -0.3 is 15.2 Å². The van der Waals surface area contributed by atoms with Gasteiger partial charge in [0, 0.05) is 23.5 Å². The number of aryl methyl sites for hydroxylation is 2. The van der Waals surface area contributed by atoms with Crippen molar-refractivity contribution in [2.45, 2.75) is 39.7 Å². The molecule has 0 radical (unpaired) electrons. The molecule has 1 amide bonds.